The second-order valence-electron chi connectivity index (χ2n) is 4.92. The predicted molar refractivity (Wildman–Crippen MR) is 82.8 cm³/mol. The smallest absolute Gasteiger partial charge is 0.308 e. The van der Waals surface area contributed by atoms with Crippen molar-refractivity contribution in [2.75, 3.05) is 0 Å². The number of esters is 1. The maximum atomic E-state index is 11.1. The molecule has 0 aliphatic rings. The Balaban J connectivity index is 1.84. The molecule has 0 aliphatic heterocycles. The lowest BCUT2D eigenvalue weighted by Crippen LogP contribution is -2.04. The van der Waals surface area contributed by atoms with E-state index in [4.69, 9.17) is 9.47 Å². The van der Waals surface area contributed by atoms with Gasteiger partial charge in [0.2, 0.25) is 0 Å². The minimum atomic E-state index is -0.376. The van der Waals surface area contributed by atoms with Crippen LogP contribution >= 0.6 is 0 Å². The monoisotopic (exact) mass is 296 g/mol. The summed E-state index contributed by atoms with van der Waals surface area (Å²) in [5.41, 5.74) is 1.89. The molecule has 0 amide bonds. The third-order valence-electron chi connectivity index (χ3n) is 3.30. The number of nitrogens with zero attached hydrogens (tertiary/aromatic N) is 2. The third kappa shape index (κ3) is 2.79. The Morgan fingerprint density at radius 3 is 2.55 bits per heavy atom. The molecule has 0 unspecified atom stereocenters. The molecule has 0 saturated carbocycles. The SMILES string of the molecule is CC(=O)Oc1ccccc1OCc1nn(C)c2ccccc12. The van der Waals surface area contributed by atoms with Crippen molar-refractivity contribution < 1.29 is 14.3 Å². The van der Waals surface area contributed by atoms with Crippen molar-refractivity contribution in [2.24, 2.45) is 7.05 Å². The van der Waals surface area contributed by atoms with Gasteiger partial charge in [-0.3, -0.25) is 9.48 Å². The van der Waals surface area contributed by atoms with Gasteiger partial charge in [0.1, 0.15) is 12.3 Å². The number of aromatic nitrogens is 2. The lowest BCUT2D eigenvalue weighted by Gasteiger charge is -2.09. The van der Waals surface area contributed by atoms with Gasteiger partial charge in [0, 0.05) is 19.4 Å². The fourth-order valence-electron chi connectivity index (χ4n) is 2.35. The highest BCUT2D eigenvalue weighted by atomic mass is 16.6. The molecule has 0 saturated heterocycles. The van der Waals surface area contributed by atoms with Gasteiger partial charge in [0.15, 0.2) is 11.5 Å². The van der Waals surface area contributed by atoms with E-state index in [0.717, 1.165) is 16.6 Å². The number of benzene rings is 2. The lowest BCUT2D eigenvalue weighted by molar-refractivity contribution is -0.132. The van der Waals surface area contributed by atoms with Crippen LogP contribution in [0.1, 0.15) is 12.6 Å². The second-order valence-corrected chi connectivity index (χ2v) is 4.92. The van der Waals surface area contributed by atoms with Crippen LogP contribution in [0.5, 0.6) is 11.5 Å². The molecular formula is C17H16N2O3. The zero-order valence-electron chi connectivity index (χ0n) is 12.4. The van der Waals surface area contributed by atoms with Gasteiger partial charge in [0.25, 0.3) is 0 Å². The van der Waals surface area contributed by atoms with Crippen LogP contribution in [0.15, 0.2) is 48.5 Å². The van der Waals surface area contributed by atoms with E-state index >= 15 is 0 Å². The summed E-state index contributed by atoms with van der Waals surface area (Å²) < 4.78 is 12.8. The van der Waals surface area contributed by atoms with Crippen molar-refractivity contribution >= 4 is 16.9 Å². The molecule has 0 bridgehead atoms. The number of carbonyl (C=O) groups is 1. The molecule has 0 fully saturated rings. The van der Waals surface area contributed by atoms with Gasteiger partial charge >= 0.3 is 5.97 Å². The summed E-state index contributed by atoms with van der Waals surface area (Å²) in [7, 11) is 1.90. The molecule has 0 spiro atoms. The van der Waals surface area contributed by atoms with Crippen LogP contribution in [0.2, 0.25) is 0 Å². The van der Waals surface area contributed by atoms with Gasteiger partial charge in [-0.25, -0.2) is 0 Å². The fraction of sp³-hybridized carbons (Fsp3) is 0.176. The number of fused-ring (bicyclic) bond motifs is 1. The van der Waals surface area contributed by atoms with Crippen LogP contribution in [-0.4, -0.2) is 15.7 Å². The highest BCUT2D eigenvalue weighted by molar-refractivity contribution is 5.81. The van der Waals surface area contributed by atoms with E-state index in [1.807, 2.05) is 42.1 Å². The number of aryl methyl sites for hydroxylation is 1. The van der Waals surface area contributed by atoms with Crippen LogP contribution in [0.4, 0.5) is 0 Å². The summed E-state index contributed by atoms with van der Waals surface area (Å²) in [6, 6.07) is 15.1. The van der Waals surface area contributed by atoms with Gasteiger partial charge in [0.05, 0.1) is 5.52 Å². The Bertz CT molecular complexity index is 824. The molecule has 1 aromatic heterocycles. The summed E-state index contributed by atoms with van der Waals surface area (Å²) in [4.78, 5) is 11.1. The van der Waals surface area contributed by atoms with Crippen molar-refractivity contribution in [2.45, 2.75) is 13.5 Å². The van der Waals surface area contributed by atoms with Crippen molar-refractivity contribution in [1.29, 1.82) is 0 Å². The van der Waals surface area contributed by atoms with E-state index in [2.05, 4.69) is 5.10 Å². The van der Waals surface area contributed by atoms with Crippen molar-refractivity contribution in [3.63, 3.8) is 0 Å². The van der Waals surface area contributed by atoms with Gasteiger partial charge in [-0.1, -0.05) is 30.3 Å². The van der Waals surface area contributed by atoms with E-state index in [9.17, 15) is 4.79 Å². The summed E-state index contributed by atoms with van der Waals surface area (Å²) >= 11 is 0. The van der Waals surface area contributed by atoms with Crippen LogP contribution < -0.4 is 9.47 Å². The maximum Gasteiger partial charge on any atom is 0.308 e. The Morgan fingerprint density at radius 2 is 1.77 bits per heavy atom. The van der Waals surface area contributed by atoms with Crippen LogP contribution in [0.3, 0.4) is 0 Å². The Kier molecular flexibility index (Phi) is 3.78. The van der Waals surface area contributed by atoms with Gasteiger partial charge < -0.3 is 9.47 Å². The minimum Gasteiger partial charge on any atom is -0.483 e. The molecule has 112 valence electrons. The first-order valence-corrected chi connectivity index (χ1v) is 6.96. The quantitative estimate of drug-likeness (QED) is 0.548. The first-order valence-electron chi connectivity index (χ1n) is 6.96. The minimum absolute atomic E-state index is 0.305. The average molecular weight is 296 g/mol. The molecule has 3 aromatic rings. The molecule has 0 aliphatic carbocycles. The molecule has 0 atom stereocenters. The van der Waals surface area contributed by atoms with Gasteiger partial charge in [-0.2, -0.15) is 5.10 Å². The lowest BCUT2D eigenvalue weighted by atomic mass is 10.2. The van der Waals surface area contributed by atoms with Gasteiger partial charge in [-0.15, -0.1) is 0 Å². The summed E-state index contributed by atoms with van der Waals surface area (Å²) in [5.74, 6) is 0.557. The number of carbonyl (C=O) groups excluding carboxylic acids is 1. The highest BCUT2D eigenvalue weighted by Crippen LogP contribution is 2.28. The first-order chi connectivity index (χ1) is 10.6. The van der Waals surface area contributed by atoms with E-state index in [1.54, 1.807) is 18.2 Å². The number of hydrogen-bond acceptors (Lipinski definition) is 4. The summed E-state index contributed by atoms with van der Waals surface area (Å²) in [6.45, 7) is 1.67. The van der Waals surface area contributed by atoms with Gasteiger partial charge in [-0.05, 0) is 18.2 Å². The molecule has 5 nitrogen and oxygen atoms in total. The number of hydrogen-bond donors (Lipinski definition) is 0. The summed E-state index contributed by atoms with van der Waals surface area (Å²) in [6.07, 6.45) is 0. The Hall–Kier alpha value is -2.82. The van der Waals surface area contributed by atoms with E-state index < -0.39 is 0 Å². The molecule has 2 aromatic carbocycles. The number of ether oxygens (including phenoxy) is 2. The second kappa shape index (κ2) is 5.89. The molecule has 3 rings (SSSR count). The van der Waals surface area contributed by atoms with E-state index in [1.165, 1.54) is 6.92 Å². The molecule has 5 heteroatoms. The van der Waals surface area contributed by atoms with Crippen molar-refractivity contribution in [3.8, 4) is 11.5 Å². The summed E-state index contributed by atoms with van der Waals surface area (Å²) in [5, 5.41) is 5.53. The predicted octanol–water partition coefficient (Wildman–Crippen LogP) is 3.08. The van der Waals surface area contributed by atoms with Crippen molar-refractivity contribution in [1.82, 2.24) is 9.78 Å². The van der Waals surface area contributed by atoms with Crippen LogP contribution in [0.25, 0.3) is 10.9 Å². The normalized spacial score (nSPS) is 10.6. The fourth-order valence-corrected chi connectivity index (χ4v) is 2.35. The van der Waals surface area contributed by atoms with E-state index in [0.29, 0.717) is 18.1 Å². The first kappa shape index (κ1) is 14.1. The van der Waals surface area contributed by atoms with Crippen molar-refractivity contribution in [3.05, 3.63) is 54.2 Å². The molecular weight excluding hydrogens is 280 g/mol. The third-order valence-corrected chi connectivity index (χ3v) is 3.30. The molecule has 0 radical (unpaired) electrons. The zero-order chi connectivity index (χ0) is 15.5. The molecule has 1 heterocycles. The molecule has 22 heavy (non-hydrogen) atoms. The maximum absolute atomic E-state index is 11.1. The van der Waals surface area contributed by atoms with E-state index in [-0.39, 0.29) is 5.97 Å². The Morgan fingerprint density at radius 1 is 1.09 bits per heavy atom. The Labute approximate surface area is 128 Å². The van der Waals surface area contributed by atoms with Crippen LogP contribution in [0, 0.1) is 0 Å². The highest BCUT2D eigenvalue weighted by Gasteiger charge is 2.11. The zero-order valence-corrected chi connectivity index (χ0v) is 12.4. The largest absolute Gasteiger partial charge is 0.483 e. The average Bonchev–Trinajstić information content (AvgIpc) is 2.83. The topological polar surface area (TPSA) is 53.4 Å². The molecule has 0 N–H and O–H groups in total. The number of rotatable bonds is 4. The van der Waals surface area contributed by atoms with Crippen LogP contribution in [-0.2, 0) is 18.4 Å². The number of para-hydroxylation sites is 3. The standard InChI is InChI=1S/C17H16N2O3/c1-12(20)22-17-10-6-5-9-16(17)21-11-14-13-7-3-4-8-15(13)19(2)18-14/h3-10H,11H2,1-2H3.